The van der Waals surface area contributed by atoms with Crippen molar-refractivity contribution in [3.63, 3.8) is 0 Å². The standard InChI is InChI=1S/C20H19F3N6O2/c21-20(22,23)31-16-6-2-1-5-15(16)24-19(30)29-13-11-28(12-14-29)18-8-7-17(25-26-18)27-9-3-4-10-27/h1-10H,11-14H2,(H,24,30). The number of amides is 2. The predicted octanol–water partition coefficient (Wildman–Crippen LogP) is 3.52. The summed E-state index contributed by atoms with van der Waals surface area (Å²) in [6, 6.07) is 12.5. The smallest absolute Gasteiger partial charge is 0.404 e. The number of carbonyl (C=O) groups excluding carboxylic acids is 1. The molecule has 0 unspecified atom stereocenters. The van der Waals surface area contributed by atoms with Gasteiger partial charge in [-0.15, -0.1) is 23.4 Å². The largest absolute Gasteiger partial charge is 0.573 e. The lowest BCUT2D eigenvalue weighted by Crippen LogP contribution is -2.50. The fourth-order valence-corrected chi connectivity index (χ4v) is 3.23. The highest BCUT2D eigenvalue weighted by atomic mass is 19.4. The molecule has 1 saturated heterocycles. The molecule has 2 amide bonds. The summed E-state index contributed by atoms with van der Waals surface area (Å²) in [5.41, 5.74) is -0.0428. The summed E-state index contributed by atoms with van der Waals surface area (Å²) in [7, 11) is 0. The van der Waals surface area contributed by atoms with Gasteiger partial charge in [-0.3, -0.25) is 0 Å². The Bertz CT molecular complexity index is 1020. The lowest BCUT2D eigenvalue weighted by atomic mass is 10.3. The van der Waals surface area contributed by atoms with Gasteiger partial charge in [-0.1, -0.05) is 12.1 Å². The SMILES string of the molecule is O=C(Nc1ccccc1OC(F)(F)F)N1CCN(c2ccc(-n3cccc3)nn2)CC1. The van der Waals surface area contributed by atoms with E-state index in [1.54, 1.807) is 0 Å². The van der Waals surface area contributed by atoms with E-state index in [2.05, 4.69) is 20.3 Å². The number of anilines is 2. The maximum atomic E-state index is 12.6. The Labute approximate surface area is 175 Å². The average molecular weight is 432 g/mol. The summed E-state index contributed by atoms with van der Waals surface area (Å²) in [6.45, 7) is 1.81. The Morgan fingerprint density at radius 3 is 2.19 bits per heavy atom. The molecule has 0 saturated carbocycles. The first kappa shape index (κ1) is 20.5. The van der Waals surface area contributed by atoms with Crippen molar-refractivity contribution < 1.29 is 22.7 Å². The third kappa shape index (κ3) is 5.05. The molecule has 1 fully saturated rings. The average Bonchev–Trinajstić information content (AvgIpc) is 3.29. The summed E-state index contributed by atoms with van der Waals surface area (Å²) in [5.74, 6) is 0.937. The van der Waals surface area contributed by atoms with Crippen molar-refractivity contribution in [2.24, 2.45) is 0 Å². The Hall–Kier alpha value is -3.76. The molecular weight excluding hydrogens is 413 g/mol. The highest BCUT2D eigenvalue weighted by Crippen LogP contribution is 2.30. The van der Waals surface area contributed by atoms with Crippen LogP contribution in [-0.2, 0) is 0 Å². The van der Waals surface area contributed by atoms with Crippen molar-refractivity contribution in [1.29, 1.82) is 0 Å². The maximum Gasteiger partial charge on any atom is 0.573 e. The third-order valence-corrected chi connectivity index (χ3v) is 4.75. The van der Waals surface area contributed by atoms with Crippen molar-refractivity contribution in [3.8, 4) is 11.6 Å². The molecule has 1 aliphatic heterocycles. The number of urea groups is 1. The van der Waals surface area contributed by atoms with Crippen molar-refractivity contribution in [2.75, 3.05) is 36.4 Å². The zero-order valence-electron chi connectivity index (χ0n) is 16.3. The van der Waals surface area contributed by atoms with E-state index in [9.17, 15) is 18.0 Å². The van der Waals surface area contributed by atoms with Gasteiger partial charge in [-0.25, -0.2) is 4.79 Å². The highest BCUT2D eigenvalue weighted by molar-refractivity contribution is 5.91. The molecule has 1 aromatic carbocycles. The van der Waals surface area contributed by atoms with E-state index in [0.29, 0.717) is 37.8 Å². The van der Waals surface area contributed by atoms with Gasteiger partial charge >= 0.3 is 12.4 Å². The summed E-state index contributed by atoms with van der Waals surface area (Å²) < 4.78 is 43.5. The van der Waals surface area contributed by atoms with Gasteiger partial charge in [0.15, 0.2) is 17.4 Å². The molecule has 8 nitrogen and oxygen atoms in total. The monoisotopic (exact) mass is 432 g/mol. The lowest BCUT2D eigenvalue weighted by Gasteiger charge is -2.35. The minimum Gasteiger partial charge on any atom is -0.404 e. The molecule has 1 N–H and O–H groups in total. The van der Waals surface area contributed by atoms with E-state index < -0.39 is 18.1 Å². The number of benzene rings is 1. The van der Waals surface area contributed by atoms with Crippen LogP contribution in [0.4, 0.5) is 29.5 Å². The Morgan fingerprint density at radius 1 is 0.903 bits per heavy atom. The van der Waals surface area contributed by atoms with E-state index in [4.69, 9.17) is 0 Å². The molecule has 2 aromatic heterocycles. The van der Waals surface area contributed by atoms with Crippen LogP contribution in [0.25, 0.3) is 5.82 Å². The number of nitrogens with zero attached hydrogens (tertiary/aromatic N) is 5. The molecule has 0 aliphatic carbocycles. The molecule has 0 bridgehead atoms. The van der Waals surface area contributed by atoms with Crippen LogP contribution in [0.3, 0.4) is 0 Å². The molecular formula is C20H19F3N6O2. The lowest BCUT2D eigenvalue weighted by molar-refractivity contribution is -0.274. The van der Waals surface area contributed by atoms with E-state index in [-0.39, 0.29) is 5.69 Å². The molecule has 31 heavy (non-hydrogen) atoms. The van der Waals surface area contributed by atoms with Crippen LogP contribution in [0.1, 0.15) is 0 Å². The summed E-state index contributed by atoms with van der Waals surface area (Å²) in [4.78, 5) is 16.1. The minimum absolute atomic E-state index is 0.0428. The predicted molar refractivity (Wildman–Crippen MR) is 107 cm³/mol. The number of halogens is 3. The summed E-state index contributed by atoms with van der Waals surface area (Å²) in [6.07, 6.45) is -1.09. The fraction of sp³-hybridized carbons (Fsp3) is 0.250. The van der Waals surface area contributed by atoms with Gasteiger partial charge in [0.2, 0.25) is 0 Å². The molecule has 0 radical (unpaired) electrons. The number of piperazine rings is 1. The topological polar surface area (TPSA) is 75.5 Å². The zero-order valence-corrected chi connectivity index (χ0v) is 16.3. The van der Waals surface area contributed by atoms with Crippen molar-refractivity contribution in [2.45, 2.75) is 6.36 Å². The van der Waals surface area contributed by atoms with Gasteiger partial charge in [-0.05, 0) is 36.4 Å². The van der Waals surface area contributed by atoms with E-state index >= 15 is 0 Å². The summed E-state index contributed by atoms with van der Waals surface area (Å²) in [5, 5.41) is 11.0. The van der Waals surface area contributed by atoms with Gasteiger partial charge in [-0.2, -0.15) is 0 Å². The van der Waals surface area contributed by atoms with Gasteiger partial charge in [0.25, 0.3) is 0 Å². The van der Waals surface area contributed by atoms with Crippen LogP contribution in [0.15, 0.2) is 60.9 Å². The van der Waals surface area contributed by atoms with Crippen LogP contribution < -0.4 is 15.0 Å². The van der Waals surface area contributed by atoms with Crippen LogP contribution in [-0.4, -0.2) is 58.2 Å². The number of ether oxygens (including phenoxy) is 1. The van der Waals surface area contributed by atoms with E-state index in [1.807, 2.05) is 46.1 Å². The number of hydrogen-bond acceptors (Lipinski definition) is 5. The van der Waals surface area contributed by atoms with Gasteiger partial charge < -0.3 is 24.4 Å². The number of carbonyl (C=O) groups is 1. The third-order valence-electron chi connectivity index (χ3n) is 4.75. The maximum absolute atomic E-state index is 12.6. The Kier molecular flexibility index (Phi) is 5.65. The molecule has 3 aromatic rings. The van der Waals surface area contributed by atoms with Crippen molar-refractivity contribution >= 4 is 17.5 Å². The van der Waals surface area contributed by atoms with Crippen LogP contribution in [0.5, 0.6) is 5.75 Å². The number of para-hydroxylation sites is 2. The van der Waals surface area contributed by atoms with E-state index in [0.717, 1.165) is 6.07 Å². The number of nitrogens with one attached hydrogen (secondary N) is 1. The second-order valence-electron chi connectivity index (χ2n) is 6.79. The second-order valence-corrected chi connectivity index (χ2v) is 6.79. The molecule has 1 aliphatic rings. The normalized spacial score (nSPS) is 14.4. The molecule has 11 heteroatoms. The first-order valence-corrected chi connectivity index (χ1v) is 9.52. The van der Waals surface area contributed by atoms with Gasteiger partial charge in [0, 0.05) is 38.6 Å². The first-order valence-electron chi connectivity index (χ1n) is 9.52. The molecule has 0 atom stereocenters. The number of aromatic nitrogens is 3. The van der Waals surface area contributed by atoms with Crippen LogP contribution in [0, 0.1) is 0 Å². The highest BCUT2D eigenvalue weighted by Gasteiger charge is 2.32. The van der Waals surface area contributed by atoms with Crippen LogP contribution >= 0.6 is 0 Å². The molecule has 162 valence electrons. The van der Waals surface area contributed by atoms with E-state index in [1.165, 1.54) is 23.1 Å². The fourth-order valence-electron chi connectivity index (χ4n) is 3.23. The van der Waals surface area contributed by atoms with Gasteiger partial charge in [0.1, 0.15) is 0 Å². The van der Waals surface area contributed by atoms with Gasteiger partial charge in [0.05, 0.1) is 5.69 Å². The van der Waals surface area contributed by atoms with Crippen molar-refractivity contribution in [3.05, 3.63) is 60.9 Å². The number of rotatable bonds is 4. The first-order chi connectivity index (χ1) is 14.9. The van der Waals surface area contributed by atoms with Crippen molar-refractivity contribution in [1.82, 2.24) is 19.7 Å². The minimum atomic E-state index is -4.84. The number of alkyl halides is 3. The molecule has 0 spiro atoms. The quantitative estimate of drug-likeness (QED) is 0.683. The van der Waals surface area contributed by atoms with Crippen LogP contribution in [0.2, 0.25) is 0 Å². The Morgan fingerprint density at radius 2 is 1.55 bits per heavy atom. The molecule has 4 rings (SSSR count). The Balaban J connectivity index is 1.34. The zero-order chi connectivity index (χ0) is 21.8. The second kappa shape index (κ2) is 8.54. The summed E-state index contributed by atoms with van der Waals surface area (Å²) >= 11 is 0. The molecule has 3 heterocycles. The number of hydrogen-bond donors (Lipinski definition) is 1.